The Morgan fingerprint density at radius 2 is 2.67 bits per heavy atom. The monoisotopic (exact) mass is 185 g/mol. The van der Waals surface area contributed by atoms with Gasteiger partial charge in [0, 0.05) is 5.56 Å². The number of carboxylic acid groups (broad SMARTS) is 1. The number of hydrogen-bond donors (Lipinski definition) is 1. The van der Waals surface area contributed by atoms with Crippen molar-refractivity contribution in [3.63, 3.8) is 0 Å². The molecule has 1 aromatic heterocycles. The predicted molar refractivity (Wildman–Crippen MR) is 45.5 cm³/mol. The number of carboxylic acids is 1. The molecule has 0 saturated carbocycles. The molecule has 0 aromatic carbocycles. The summed E-state index contributed by atoms with van der Waals surface area (Å²) >= 11 is 1.54. The Hall–Kier alpha value is -1.36. The van der Waals surface area contributed by atoms with Gasteiger partial charge in [0.05, 0.1) is 6.21 Å². The van der Waals surface area contributed by atoms with Gasteiger partial charge < -0.3 is 9.94 Å². The van der Waals surface area contributed by atoms with Gasteiger partial charge in [0.2, 0.25) is 6.61 Å². The highest BCUT2D eigenvalue weighted by Gasteiger charge is 1.93. The average Bonchev–Trinajstić information content (AvgIpc) is 2.49. The van der Waals surface area contributed by atoms with E-state index < -0.39 is 12.6 Å². The second kappa shape index (κ2) is 4.50. The molecule has 0 spiro atoms. The van der Waals surface area contributed by atoms with Crippen molar-refractivity contribution in [1.82, 2.24) is 0 Å². The second-order valence-electron chi connectivity index (χ2n) is 1.96. The van der Waals surface area contributed by atoms with Crippen LogP contribution < -0.4 is 0 Å². The first kappa shape index (κ1) is 8.73. The molecule has 5 heteroatoms. The Kier molecular flexibility index (Phi) is 3.28. The molecule has 1 heterocycles. The van der Waals surface area contributed by atoms with Crippen LogP contribution in [0.25, 0.3) is 0 Å². The number of nitrogens with zero attached hydrogens (tertiary/aromatic N) is 1. The topological polar surface area (TPSA) is 58.9 Å². The van der Waals surface area contributed by atoms with Crippen LogP contribution in [0.4, 0.5) is 0 Å². The van der Waals surface area contributed by atoms with Crippen molar-refractivity contribution in [2.45, 2.75) is 0 Å². The fourth-order valence-electron chi connectivity index (χ4n) is 0.539. The fraction of sp³-hybridized carbons (Fsp3) is 0.143. The van der Waals surface area contributed by atoms with E-state index in [1.165, 1.54) is 6.21 Å². The summed E-state index contributed by atoms with van der Waals surface area (Å²) in [5.41, 5.74) is 0.908. The number of aliphatic carboxylic acids is 1. The molecule has 1 rings (SSSR count). The maximum atomic E-state index is 9.96. The third-order valence-corrected chi connectivity index (χ3v) is 1.71. The molecule has 0 aliphatic rings. The molecule has 4 nitrogen and oxygen atoms in total. The quantitative estimate of drug-likeness (QED) is 0.566. The predicted octanol–water partition coefficient (Wildman–Crippen LogP) is 1.18. The minimum atomic E-state index is -1.03. The van der Waals surface area contributed by atoms with Gasteiger partial charge in [-0.25, -0.2) is 4.79 Å². The van der Waals surface area contributed by atoms with Gasteiger partial charge in [0.15, 0.2) is 0 Å². The van der Waals surface area contributed by atoms with Gasteiger partial charge in [-0.1, -0.05) is 5.16 Å². The first-order valence-electron chi connectivity index (χ1n) is 3.18. The van der Waals surface area contributed by atoms with Crippen LogP contribution in [-0.2, 0) is 9.63 Å². The van der Waals surface area contributed by atoms with Crippen molar-refractivity contribution in [2.75, 3.05) is 6.61 Å². The van der Waals surface area contributed by atoms with Gasteiger partial charge >= 0.3 is 5.97 Å². The molecule has 12 heavy (non-hydrogen) atoms. The lowest BCUT2D eigenvalue weighted by Gasteiger charge is -1.90. The Balaban J connectivity index is 2.27. The minimum Gasteiger partial charge on any atom is -0.479 e. The molecule has 64 valence electrons. The molecular weight excluding hydrogens is 178 g/mol. The van der Waals surface area contributed by atoms with E-state index in [4.69, 9.17) is 5.11 Å². The van der Waals surface area contributed by atoms with Crippen LogP contribution in [-0.4, -0.2) is 23.9 Å². The van der Waals surface area contributed by atoms with Crippen molar-refractivity contribution in [3.8, 4) is 0 Å². The summed E-state index contributed by atoms with van der Waals surface area (Å²) in [6.07, 6.45) is 1.47. The molecule has 0 atom stereocenters. The molecule has 0 amide bonds. The Bertz CT molecular complexity index is 268. The zero-order valence-corrected chi connectivity index (χ0v) is 6.95. The van der Waals surface area contributed by atoms with E-state index in [0.29, 0.717) is 0 Å². The van der Waals surface area contributed by atoms with Crippen LogP contribution in [0.3, 0.4) is 0 Å². The van der Waals surface area contributed by atoms with E-state index in [-0.39, 0.29) is 0 Å². The lowest BCUT2D eigenvalue weighted by molar-refractivity contribution is -0.142. The molecule has 0 radical (unpaired) electrons. The minimum absolute atomic E-state index is 0.402. The third kappa shape index (κ3) is 3.16. The summed E-state index contributed by atoms with van der Waals surface area (Å²) in [5, 5.41) is 15.4. The zero-order chi connectivity index (χ0) is 8.81. The maximum Gasteiger partial charge on any atom is 0.344 e. The summed E-state index contributed by atoms with van der Waals surface area (Å²) in [5.74, 6) is -1.03. The number of carbonyl (C=O) groups is 1. The second-order valence-corrected chi connectivity index (χ2v) is 2.74. The van der Waals surface area contributed by atoms with Gasteiger partial charge in [0.25, 0.3) is 0 Å². The molecular formula is C7H7NO3S. The molecule has 0 unspecified atom stereocenters. The van der Waals surface area contributed by atoms with E-state index in [1.54, 1.807) is 11.3 Å². The van der Waals surface area contributed by atoms with E-state index in [9.17, 15) is 4.79 Å². The van der Waals surface area contributed by atoms with Crippen LogP contribution in [0.15, 0.2) is 22.0 Å². The molecule has 0 aliphatic carbocycles. The van der Waals surface area contributed by atoms with Crippen LogP contribution in [0.2, 0.25) is 0 Å². The highest BCUT2D eigenvalue weighted by molar-refractivity contribution is 7.08. The average molecular weight is 185 g/mol. The number of hydrogen-bond acceptors (Lipinski definition) is 4. The van der Waals surface area contributed by atoms with E-state index >= 15 is 0 Å². The van der Waals surface area contributed by atoms with Gasteiger partial charge in [-0.15, -0.1) is 0 Å². The van der Waals surface area contributed by atoms with Crippen molar-refractivity contribution in [1.29, 1.82) is 0 Å². The Morgan fingerprint density at radius 3 is 3.25 bits per heavy atom. The third-order valence-electron chi connectivity index (χ3n) is 1.01. The summed E-state index contributed by atoms with van der Waals surface area (Å²) in [4.78, 5) is 14.4. The molecule has 1 N–H and O–H groups in total. The van der Waals surface area contributed by atoms with E-state index in [0.717, 1.165) is 5.56 Å². The number of rotatable bonds is 4. The summed E-state index contributed by atoms with van der Waals surface area (Å²) in [7, 11) is 0. The summed E-state index contributed by atoms with van der Waals surface area (Å²) < 4.78 is 0. The van der Waals surface area contributed by atoms with Gasteiger partial charge in [0.1, 0.15) is 0 Å². The normalized spacial score (nSPS) is 10.3. The van der Waals surface area contributed by atoms with Crippen LogP contribution in [0, 0.1) is 0 Å². The van der Waals surface area contributed by atoms with Crippen molar-refractivity contribution < 1.29 is 14.7 Å². The lowest BCUT2D eigenvalue weighted by atomic mass is 10.4. The SMILES string of the molecule is O=C(O)CON=Cc1ccsc1. The highest BCUT2D eigenvalue weighted by atomic mass is 32.1. The van der Waals surface area contributed by atoms with Gasteiger partial charge in [-0.2, -0.15) is 11.3 Å². The Labute approximate surface area is 73.1 Å². The molecule has 1 aromatic rings. The maximum absolute atomic E-state index is 9.96. The van der Waals surface area contributed by atoms with Crippen molar-refractivity contribution in [2.24, 2.45) is 5.16 Å². The standard InChI is InChI=1S/C7H7NO3S/c9-7(10)4-11-8-3-6-1-2-12-5-6/h1-3,5H,4H2,(H,9,10). The molecule has 0 fully saturated rings. The zero-order valence-electron chi connectivity index (χ0n) is 6.14. The van der Waals surface area contributed by atoms with E-state index in [2.05, 4.69) is 9.99 Å². The number of thiophene rings is 1. The first-order chi connectivity index (χ1) is 5.79. The fourth-order valence-corrected chi connectivity index (χ4v) is 1.15. The largest absolute Gasteiger partial charge is 0.479 e. The van der Waals surface area contributed by atoms with Crippen molar-refractivity contribution >= 4 is 23.5 Å². The molecule has 0 bridgehead atoms. The van der Waals surface area contributed by atoms with Crippen LogP contribution in [0.1, 0.15) is 5.56 Å². The van der Waals surface area contributed by atoms with E-state index in [1.807, 2.05) is 16.8 Å². The number of oxime groups is 1. The smallest absolute Gasteiger partial charge is 0.344 e. The van der Waals surface area contributed by atoms with Crippen LogP contribution >= 0.6 is 11.3 Å². The van der Waals surface area contributed by atoms with Gasteiger partial charge in [-0.3, -0.25) is 0 Å². The van der Waals surface area contributed by atoms with Gasteiger partial charge in [-0.05, 0) is 16.8 Å². The first-order valence-corrected chi connectivity index (χ1v) is 4.12. The molecule has 0 saturated heterocycles. The Morgan fingerprint density at radius 1 is 1.83 bits per heavy atom. The summed E-state index contributed by atoms with van der Waals surface area (Å²) in [6.45, 7) is -0.402. The molecule has 0 aliphatic heterocycles. The summed E-state index contributed by atoms with van der Waals surface area (Å²) in [6, 6.07) is 1.86. The van der Waals surface area contributed by atoms with Crippen molar-refractivity contribution in [3.05, 3.63) is 22.4 Å². The highest BCUT2D eigenvalue weighted by Crippen LogP contribution is 2.02. The lowest BCUT2D eigenvalue weighted by Crippen LogP contribution is -2.03. The van der Waals surface area contributed by atoms with Crippen LogP contribution in [0.5, 0.6) is 0 Å².